The molecule has 0 aromatic heterocycles. The predicted octanol–water partition coefficient (Wildman–Crippen LogP) is 2.62. The second kappa shape index (κ2) is 8.37. The Morgan fingerprint density at radius 3 is 2.50 bits per heavy atom. The number of carbonyl (C=O) groups is 1. The van der Waals surface area contributed by atoms with Gasteiger partial charge in [-0.25, -0.2) is 21.9 Å². The minimum absolute atomic E-state index is 0.156. The lowest BCUT2D eigenvalue weighted by Gasteiger charge is -2.11. The van der Waals surface area contributed by atoms with Gasteiger partial charge in [0.15, 0.2) is 0 Å². The Labute approximate surface area is 151 Å². The molecular formula is C18H20F2N2O3S. The average Bonchev–Trinajstić information content (AvgIpc) is 2.53. The third kappa shape index (κ3) is 5.34. The van der Waals surface area contributed by atoms with Gasteiger partial charge in [-0.15, -0.1) is 0 Å². The molecule has 0 fully saturated rings. The summed E-state index contributed by atoms with van der Waals surface area (Å²) in [4.78, 5) is 12.0. The molecule has 8 heteroatoms. The van der Waals surface area contributed by atoms with Crippen molar-refractivity contribution in [3.05, 3.63) is 65.2 Å². The maximum atomic E-state index is 13.9. The fourth-order valence-corrected chi connectivity index (χ4v) is 3.61. The summed E-state index contributed by atoms with van der Waals surface area (Å²) in [6.45, 7) is 3.46. The van der Waals surface area contributed by atoms with Crippen LogP contribution in [0.25, 0.3) is 0 Å². The van der Waals surface area contributed by atoms with E-state index in [0.717, 1.165) is 18.2 Å². The van der Waals surface area contributed by atoms with Crippen molar-refractivity contribution in [2.75, 3.05) is 6.54 Å². The third-order valence-corrected chi connectivity index (χ3v) is 5.13. The van der Waals surface area contributed by atoms with E-state index in [9.17, 15) is 22.0 Å². The van der Waals surface area contributed by atoms with Gasteiger partial charge in [0.1, 0.15) is 11.6 Å². The quantitative estimate of drug-likeness (QED) is 0.773. The summed E-state index contributed by atoms with van der Waals surface area (Å²) in [6, 6.07) is 8.63. The van der Waals surface area contributed by atoms with Crippen LogP contribution in [0.2, 0.25) is 0 Å². The first-order chi connectivity index (χ1) is 12.2. The van der Waals surface area contributed by atoms with E-state index in [1.807, 2.05) is 0 Å². The number of hydrogen-bond donors (Lipinski definition) is 2. The highest BCUT2D eigenvalue weighted by Gasteiger charge is 2.20. The Kier molecular flexibility index (Phi) is 6.44. The van der Waals surface area contributed by atoms with E-state index in [4.69, 9.17) is 0 Å². The molecule has 2 aromatic rings. The Hall–Kier alpha value is -2.32. The van der Waals surface area contributed by atoms with E-state index in [1.165, 1.54) is 12.1 Å². The predicted molar refractivity (Wildman–Crippen MR) is 94.3 cm³/mol. The smallest absolute Gasteiger partial charge is 0.254 e. The molecule has 0 bridgehead atoms. The normalized spacial score (nSPS) is 11.6. The maximum Gasteiger partial charge on any atom is 0.254 e. The summed E-state index contributed by atoms with van der Waals surface area (Å²) in [6.07, 6.45) is 0.359. The van der Waals surface area contributed by atoms with Gasteiger partial charge in [-0.1, -0.05) is 12.1 Å². The van der Waals surface area contributed by atoms with Gasteiger partial charge in [-0.05, 0) is 56.2 Å². The maximum absolute atomic E-state index is 13.9. The van der Waals surface area contributed by atoms with Crippen LogP contribution in [0.15, 0.2) is 47.4 Å². The van der Waals surface area contributed by atoms with Gasteiger partial charge in [0.05, 0.1) is 10.5 Å². The first kappa shape index (κ1) is 20.0. The molecule has 0 spiro atoms. The van der Waals surface area contributed by atoms with Crippen molar-refractivity contribution in [2.45, 2.75) is 31.2 Å². The molecule has 0 aliphatic carbocycles. The zero-order valence-corrected chi connectivity index (χ0v) is 15.2. The standard InChI is InChI=1S/C18H20F2N2O3S/c1-12(2)22-26(24,25)15-6-7-17(20)16(11-15)18(23)21-9-8-13-4-3-5-14(19)10-13/h3-7,10-12,22H,8-9H2,1-2H3,(H,21,23). The lowest BCUT2D eigenvalue weighted by molar-refractivity contribution is 0.0950. The molecule has 0 radical (unpaired) electrons. The van der Waals surface area contributed by atoms with Crippen molar-refractivity contribution in [3.8, 4) is 0 Å². The Bertz CT molecular complexity index is 899. The summed E-state index contributed by atoms with van der Waals surface area (Å²) in [5, 5.41) is 2.51. The van der Waals surface area contributed by atoms with Crippen LogP contribution >= 0.6 is 0 Å². The number of hydrogen-bond acceptors (Lipinski definition) is 3. The molecule has 140 valence electrons. The Morgan fingerprint density at radius 2 is 1.85 bits per heavy atom. The molecule has 26 heavy (non-hydrogen) atoms. The zero-order valence-electron chi connectivity index (χ0n) is 14.4. The van der Waals surface area contributed by atoms with Crippen LogP contribution in [0.4, 0.5) is 8.78 Å². The number of rotatable bonds is 7. The van der Waals surface area contributed by atoms with Crippen molar-refractivity contribution in [1.82, 2.24) is 10.0 Å². The summed E-state index contributed by atoms with van der Waals surface area (Å²) >= 11 is 0. The minimum atomic E-state index is -3.84. The van der Waals surface area contributed by atoms with E-state index in [0.29, 0.717) is 12.0 Å². The van der Waals surface area contributed by atoms with Crippen LogP contribution in [0.3, 0.4) is 0 Å². The molecule has 5 nitrogen and oxygen atoms in total. The van der Waals surface area contributed by atoms with Crippen molar-refractivity contribution < 1.29 is 22.0 Å². The highest BCUT2D eigenvalue weighted by atomic mass is 32.2. The number of benzene rings is 2. The molecule has 2 N–H and O–H groups in total. The monoisotopic (exact) mass is 382 g/mol. The second-order valence-corrected chi connectivity index (χ2v) is 7.77. The van der Waals surface area contributed by atoms with E-state index in [2.05, 4.69) is 10.0 Å². The minimum Gasteiger partial charge on any atom is -0.352 e. The van der Waals surface area contributed by atoms with E-state index in [-0.39, 0.29) is 28.9 Å². The number of amides is 1. The highest BCUT2D eigenvalue weighted by molar-refractivity contribution is 7.89. The number of sulfonamides is 1. The molecular weight excluding hydrogens is 362 g/mol. The summed E-state index contributed by atoms with van der Waals surface area (Å²) < 4.78 is 53.8. The van der Waals surface area contributed by atoms with Gasteiger partial charge in [-0.2, -0.15) is 0 Å². The molecule has 0 saturated heterocycles. The van der Waals surface area contributed by atoms with Crippen molar-refractivity contribution in [1.29, 1.82) is 0 Å². The van der Waals surface area contributed by atoms with Crippen molar-refractivity contribution in [2.24, 2.45) is 0 Å². The summed E-state index contributed by atoms with van der Waals surface area (Å²) in [5.74, 6) is -1.94. The number of nitrogens with one attached hydrogen (secondary N) is 2. The molecule has 0 unspecified atom stereocenters. The van der Waals surface area contributed by atoms with Gasteiger partial charge in [0, 0.05) is 12.6 Å². The lowest BCUT2D eigenvalue weighted by Crippen LogP contribution is -2.31. The highest BCUT2D eigenvalue weighted by Crippen LogP contribution is 2.16. The van der Waals surface area contributed by atoms with Crippen LogP contribution in [0.5, 0.6) is 0 Å². The van der Waals surface area contributed by atoms with Gasteiger partial charge < -0.3 is 5.32 Å². The molecule has 1 amide bonds. The molecule has 0 heterocycles. The van der Waals surface area contributed by atoms with Crippen LogP contribution in [-0.4, -0.2) is 26.9 Å². The Morgan fingerprint density at radius 1 is 1.12 bits per heavy atom. The first-order valence-electron chi connectivity index (χ1n) is 8.03. The summed E-state index contributed by atoms with van der Waals surface area (Å²) in [7, 11) is -3.84. The molecule has 0 aliphatic rings. The lowest BCUT2D eigenvalue weighted by atomic mass is 10.1. The van der Waals surface area contributed by atoms with Gasteiger partial charge in [0.25, 0.3) is 5.91 Å². The molecule has 0 saturated carbocycles. The van der Waals surface area contributed by atoms with Gasteiger partial charge >= 0.3 is 0 Å². The van der Waals surface area contributed by atoms with Crippen molar-refractivity contribution >= 4 is 15.9 Å². The van der Waals surface area contributed by atoms with Crippen LogP contribution in [0, 0.1) is 11.6 Å². The largest absolute Gasteiger partial charge is 0.352 e. The number of halogens is 2. The van der Waals surface area contributed by atoms with Crippen LogP contribution in [-0.2, 0) is 16.4 Å². The second-order valence-electron chi connectivity index (χ2n) is 6.05. The molecule has 0 aliphatic heterocycles. The van der Waals surface area contributed by atoms with E-state index in [1.54, 1.807) is 26.0 Å². The fraction of sp³-hybridized carbons (Fsp3) is 0.278. The van der Waals surface area contributed by atoms with E-state index >= 15 is 0 Å². The average molecular weight is 382 g/mol. The molecule has 2 rings (SSSR count). The van der Waals surface area contributed by atoms with Crippen LogP contribution < -0.4 is 10.0 Å². The van der Waals surface area contributed by atoms with Gasteiger partial charge in [0.2, 0.25) is 10.0 Å². The SMILES string of the molecule is CC(C)NS(=O)(=O)c1ccc(F)c(C(=O)NCCc2cccc(F)c2)c1. The van der Waals surface area contributed by atoms with Gasteiger partial charge in [-0.3, -0.25) is 4.79 Å². The zero-order chi connectivity index (χ0) is 19.3. The summed E-state index contributed by atoms with van der Waals surface area (Å²) in [5.41, 5.74) is 0.319. The van der Waals surface area contributed by atoms with Crippen LogP contribution in [0.1, 0.15) is 29.8 Å². The topological polar surface area (TPSA) is 75.3 Å². The Balaban J connectivity index is 2.09. The number of carbonyl (C=O) groups excluding carboxylic acids is 1. The van der Waals surface area contributed by atoms with Crippen molar-refractivity contribution in [3.63, 3.8) is 0 Å². The fourth-order valence-electron chi connectivity index (χ4n) is 2.33. The first-order valence-corrected chi connectivity index (χ1v) is 9.52. The third-order valence-electron chi connectivity index (χ3n) is 3.47. The molecule has 2 aromatic carbocycles. The molecule has 0 atom stereocenters. The van der Waals surface area contributed by atoms with E-state index < -0.39 is 21.7 Å².